The highest BCUT2D eigenvalue weighted by Crippen LogP contribution is 2.40. The first-order valence-corrected chi connectivity index (χ1v) is 11.4. The maximum Gasteiger partial charge on any atom is 0.286 e. The van der Waals surface area contributed by atoms with Gasteiger partial charge in [0.25, 0.3) is 5.91 Å². The van der Waals surface area contributed by atoms with Crippen molar-refractivity contribution in [3.8, 4) is 0 Å². The Morgan fingerprint density at radius 3 is 2.43 bits per heavy atom. The summed E-state index contributed by atoms with van der Waals surface area (Å²) in [4.78, 5) is 44.7. The topological polar surface area (TPSA) is 93.0 Å². The van der Waals surface area contributed by atoms with E-state index in [9.17, 15) is 19.4 Å². The molecule has 2 rings (SSSR count). The largest absolute Gasteiger partial charge is 0.299 e. The summed E-state index contributed by atoms with van der Waals surface area (Å²) in [6, 6.07) is 7.87. The van der Waals surface area contributed by atoms with E-state index in [0.717, 1.165) is 63.4 Å². The zero-order valence-electron chi connectivity index (χ0n) is 18.1. The van der Waals surface area contributed by atoms with E-state index in [0.29, 0.717) is 18.6 Å². The van der Waals surface area contributed by atoms with E-state index in [1.807, 2.05) is 12.1 Å². The van der Waals surface area contributed by atoms with E-state index >= 15 is 0 Å². The van der Waals surface area contributed by atoms with Gasteiger partial charge in [-0.25, -0.2) is 0 Å². The number of ketones is 1. The second-order valence-corrected chi connectivity index (χ2v) is 8.44. The van der Waals surface area contributed by atoms with Crippen LogP contribution in [0.25, 0.3) is 0 Å². The van der Waals surface area contributed by atoms with Crippen molar-refractivity contribution < 1.29 is 9.59 Å². The Hall–Kier alpha value is -2.24. The first-order chi connectivity index (χ1) is 14.6. The van der Waals surface area contributed by atoms with Gasteiger partial charge in [0, 0.05) is 23.9 Å². The Balaban J connectivity index is 1.87. The van der Waals surface area contributed by atoms with Crippen LogP contribution < -0.4 is 0 Å². The molecule has 30 heavy (non-hydrogen) atoms. The molecular formula is C24H34N2O4. The van der Waals surface area contributed by atoms with Crippen LogP contribution >= 0.6 is 0 Å². The molecule has 0 spiro atoms. The lowest BCUT2D eigenvalue weighted by molar-refractivity contribution is -0.121. The minimum absolute atomic E-state index is 0.0543. The standard InChI is InChI=1S/C24H34N2O4/c1-2-3-6-10-22(25-29)19-14-12-18(13-15-19)20-16-17-23(27)21(20)9-7-4-5-8-11-24(28)26-30/h12-15,20-22H,2-11,16-17H2,1H3/t20-,21-,22+/m1/s1. The average molecular weight is 415 g/mol. The lowest BCUT2D eigenvalue weighted by Crippen LogP contribution is -2.13. The first-order valence-electron chi connectivity index (χ1n) is 11.4. The normalized spacial score (nSPS) is 19.6. The van der Waals surface area contributed by atoms with Crippen LogP contribution in [0.5, 0.6) is 0 Å². The van der Waals surface area contributed by atoms with Gasteiger partial charge < -0.3 is 0 Å². The van der Waals surface area contributed by atoms with Gasteiger partial charge in [-0.2, -0.15) is 4.91 Å². The van der Waals surface area contributed by atoms with Crippen LogP contribution in [0, 0.1) is 15.7 Å². The van der Waals surface area contributed by atoms with E-state index in [4.69, 9.17) is 0 Å². The third-order valence-electron chi connectivity index (χ3n) is 6.32. The summed E-state index contributed by atoms with van der Waals surface area (Å²) in [6.07, 6.45) is 10.1. The number of unbranched alkanes of at least 4 members (excludes halogenated alkanes) is 5. The molecule has 3 atom stereocenters. The predicted octanol–water partition coefficient (Wildman–Crippen LogP) is 6.77. The second-order valence-electron chi connectivity index (χ2n) is 8.44. The number of nitroso groups, excluding NO2 is 2. The molecule has 164 valence electrons. The van der Waals surface area contributed by atoms with Crippen LogP contribution in [-0.4, -0.2) is 11.7 Å². The van der Waals surface area contributed by atoms with E-state index in [2.05, 4.69) is 29.4 Å². The molecule has 6 heteroatoms. The molecule has 1 saturated carbocycles. The van der Waals surface area contributed by atoms with Gasteiger partial charge in [0.15, 0.2) is 0 Å². The maximum absolute atomic E-state index is 12.4. The third kappa shape index (κ3) is 7.22. The molecule has 1 aliphatic rings. The Morgan fingerprint density at radius 1 is 1.03 bits per heavy atom. The lowest BCUT2D eigenvalue weighted by atomic mass is 9.84. The molecule has 0 radical (unpaired) electrons. The number of nitrogens with zero attached hydrogens (tertiary/aromatic N) is 2. The fourth-order valence-corrected chi connectivity index (χ4v) is 4.54. The summed E-state index contributed by atoms with van der Waals surface area (Å²) in [5.74, 6) is 0.0621. The number of hydrogen-bond acceptors (Lipinski definition) is 5. The van der Waals surface area contributed by atoms with E-state index in [-0.39, 0.29) is 24.3 Å². The molecule has 1 aromatic carbocycles. The zero-order chi connectivity index (χ0) is 21.8. The maximum atomic E-state index is 12.4. The van der Waals surface area contributed by atoms with Crippen molar-refractivity contribution in [1.82, 2.24) is 0 Å². The van der Waals surface area contributed by atoms with Crippen LogP contribution in [0.2, 0.25) is 0 Å². The van der Waals surface area contributed by atoms with Gasteiger partial charge in [-0.05, 0) is 42.7 Å². The fourth-order valence-electron chi connectivity index (χ4n) is 4.54. The fraction of sp³-hybridized carbons (Fsp3) is 0.667. The van der Waals surface area contributed by atoms with Crippen molar-refractivity contribution in [3.63, 3.8) is 0 Å². The van der Waals surface area contributed by atoms with Crippen LogP contribution in [0.3, 0.4) is 0 Å². The Kier molecular flexibility index (Phi) is 10.5. The monoisotopic (exact) mass is 414 g/mol. The molecule has 0 N–H and O–H groups in total. The molecule has 1 aromatic rings. The van der Waals surface area contributed by atoms with Crippen LogP contribution in [0.1, 0.15) is 107 Å². The lowest BCUT2D eigenvalue weighted by Gasteiger charge is -2.19. The molecule has 1 aliphatic carbocycles. The number of carbonyl (C=O) groups is 2. The SMILES string of the molecule is CCCCC[C@H](N=O)c1ccc([C@H]2CCC(=O)[C@@H]2CCCCCCC(=O)N=O)cc1. The van der Waals surface area contributed by atoms with Crippen LogP contribution in [-0.2, 0) is 9.59 Å². The molecule has 0 unspecified atom stereocenters. The molecular weight excluding hydrogens is 380 g/mol. The van der Waals surface area contributed by atoms with Gasteiger partial charge in [-0.1, -0.05) is 74.9 Å². The zero-order valence-corrected chi connectivity index (χ0v) is 18.1. The summed E-state index contributed by atoms with van der Waals surface area (Å²) < 4.78 is 0. The first kappa shape index (κ1) is 24.0. The number of hydrogen-bond donors (Lipinski definition) is 0. The number of amides is 1. The molecule has 0 saturated heterocycles. The summed E-state index contributed by atoms with van der Waals surface area (Å²) in [5, 5.41) is 5.72. The summed E-state index contributed by atoms with van der Waals surface area (Å²) in [7, 11) is 0. The van der Waals surface area contributed by atoms with Crippen molar-refractivity contribution in [2.45, 2.75) is 95.9 Å². The summed E-state index contributed by atoms with van der Waals surface area (Å²) in [5.41, 5.74) is 2.14. The third-order valence-corrected chi connectivity index (χ3v) is 6.32. The molecule has 1 amide bonds. The minimum atomic E-state index is -0.582. The Morgan fingerprint density at radius 2 is 1.77 bits per heavy atom. The van der Waals surface area contributed by atoms with E-state index in [1.165, 1.54) is 5.56 Å². The molecule has 0 heterocycles. The van der Waals surface area contributed by atoms with E-state index < -0.39 is 5.91 Å². The molecule has 0 bridgehead atoms. The van der Waals surface area contributed by atoms with Crippen molar-refractivity contribution in [2.24, 2.45) is 16.3 Å². The highest BCUT2D eigenvalue weighted by molar-refractivity contribution is 5.84. The van der Waals surface area contributed by atoms with Crippen molar-refractivity contribution in [1.29, 1.82) is 0 Å². The molecule has 1 fully saturated rings. The van der Waals surface area contributed by atoms with Crippen molar-refractivity contribution >= 4 is 11.7 Å². The molecule has 6 nitrogen and oxygen atoms in total. The van der Waals surface area contributed by atoms with Crippen molar-refractivity contribution in [2.75, 3.05) is 0 Å². The van der Waals surface area contributed by atoms with Crippen LogP contribution in [0.4, 0.5) is 0 Å². The molecule has 0 aliphatic heterocycles. The van der Waals surface area contributed by atoms with Gasteiger partial charge in [0.2, 0.25) is 0 Å². The number of rotatable bonds is 14. The van der Waals surface area contributed by atoms with E-state index in [1.54, 1.807) is 0 Å². The van der Waals surface area contributed by atoms with Gasteiger partial charge >= 0.3 is 0 Å². The quantitative estimate of drug-likeness (QED) is 0.248. The predicted molar refractivity (Wildman–Crippen MR) is 118 cm³/mol. The summed E-state index contributed by atoms with van der Waals surface area (Å²) >= 11 is 0. The Bertz CT molecular complexity index is 702. The number of benzene rings is 1. The highest BCUT2D eigenvalue weighted by atomic mass is 16.3. The van der Waals surface area contributed by atoms with Crippen molar-refractivity contribution in [3.05, 3.63) is 45.2 Å². The van der Waals surface area contributed by atoms with Gasteiger partial charge in [0.05, 0.1) is 0 Å². The summed E-state index contributed by atoms with van der Waals surface area (Å²) in [6.45, 7) is 2.14. The molecule has 0 aromatic heterocycles. The number of Topliss-reactive ketones (excluding diaryl/α,β-unsaturated/α-hetero) is 1. The average Bonchev–Trinajstić information content (AvgIpc) is 3.14. The highest BCUT2D eigenvalue weighted by Gasteiger charge is 2.34. The van der Waals surface area contributed by atoms with Crippen LogP contribution in [0.15, 0.2) is 34.6 Å². The smallest absolute Gasteiger partial charge is 0.286 e. The van der Waals surface area contributed by atoms with Gasteiger partial charge in [0.1, 0.15) is 11.8 Å². The number of carbonyl (C=O) groups excluding carboxylic acids is 2. The van der Waals surface area contributed by atoms with Gasteiger partial charge in [-0.3, -0.25) is 9.59 Å². The Labute approximate surface area is 179 Å². The van der Waals surface area contributed by atoms with Gasteiger partial charge in [-0.15, -0.1) is 4.91 Å². The minimum Gasteiger partial charge on any atom is -0.299 e. The second kappa shape index (κ2) is 13.1.